The van der Waals surface area contributed by atoms with Crippen LogP contribution in [-0.4, -0.2) is 101 Å². The number of amides is 1. The Bertz CT molecular complexity index is 918. The molecule has 10 heteroatoms. The molecule has 1 unspecified atom stereocenters. The fourth-order valence-corrected chi connectivity index (χ4v) is 3.59. The Balaban J connectivity index is 1.41. The zero-order valence-corrected chi connectivity index (χ0v) is 24.9. The number of ether oxygens (including phenoxy) is 6. The minimum Gasteiger partial charge on any atom is -0.377 e. The predicted octanol–water partition coefficient (Wildman–Crippen LogP) is 3.85. The molecule has 0 bridgehead atoms. The molecule has 0 saturated carbocycles. The first kappa shape index (κ1) is 33.9. The van der Waals surface area contributed by atoms with Crippen LogP contribution in [0.3, 0.4) is 0 Å². The van der Waals surface area contributed by atoms with E-state index in [9.17, 15) is 4.79 Å². The van der Waals surface area contributed by atoms with E-state index >= 15 is 0 Å². The lowest BCUT2D eigenvalue weighted by atomic mass is 10.1. The highest BCUT2D eigenvalue weighted by Gasteiger charge is 2.12. The van der Waals surface area contributed by atoms with Gasteiger partial charge in [0, 0.05) is 18.3 Å². The normalized spacial score (nSPS) is 12.4. The van der Waals surface area contributed by atoms with Gasteiger partial charge in [-0.3, -0.25) is 9.48 Å². The first-order chi connectivity index (χ1) is 19.4. The third-order valence-electron chi connectivity index (χ3n) is 6.04. The highest BCUT2D eigenvalue weighted by Crippen LogP contribution is 2.20. The van der Waals surface area contributed by atoms with Crippen molar-refractivity contribution in [2.24, 2.45) is 0 Å². The van der Waals surface area contributed by atoms with Crippen LogP contribution in [0.15, 0.2) is 36.7 Å². The second-order valence-corrected chi connectivity index (χ2v) is 9.94. The number of carbonyl (C=O) groups excluding carboxylic acids is 1. The zero-order valence-electron chi connectivity index (χ0n) is 24.9. The number of carbonyl (C=O) groups is 1. The van der Waals surface area contributed by atoms with Gasteiger partial charge in [0.05, 0.1) is 91.0 Å². The van der Waals surface area contributed by atoms with E-state index < -0.39 is 0 Å². The van der Waals surface area contributed by atoms with Crippen molar-refractivity contribution in [3.8, 4) is 0 Å². The second-order valence-electron chi connectivity index (χ2n) is 9.94. The third kappa shape index (κ3) is 14.3. The molecule has 1 atom stereocenters. The van der Waals surface area contributed by atoms with Crippen molar-refractivity contribution in [3.63, 3.8) is 0 Å². The number of nitrogens with one attached hydrogen (secondary N) is 1. The number of hydrogen-bond acceptors (Lipinski definition) is 8. The van der Waals surface area contributed by atoms with E-state index in [2.05, 4.69) is 37.4 Å². The van der Waals surface area contributed by atoms with Crippen LogP contribution in [0.1, 0.15) is 68.1 Å². The Hall–Kier alpha value is -2.34. The van der Waals surface area contributed by atoms with Crippen LogP contribution < -0.4 is 5.32 Å². The monoisotopic (exact) mass is 563 g/mol. The molecule has 1 aromatic heterocycles. The van der Waals surface area contributed by atoms with Gasteiger partial charge >= 0.3 is 0 Å². The van der Waals surface area contributed by atoms with Crippen LogP contribution in [-0.2, 0) is 28.4 Å². The minimum absolute atomic E-state index is 0.0943. The lowest BCUT2D eigenvalue weighted by molar-refractivity contribution is -0.0211. The fraction of sp³-hybridized carbons (Fsp3) is 0.667. The van der Waals surface area contributed by atoms with Crippen LogP contribution in [0.4, 0.5) is 0 Å². The Morgan fingerprint density at radius 3 is 1.70 bits per heavy atom. The quantitative estimate of drug-likeness (QED) is 0.204. The Morgan fingerprint density at radius 2 is 1.23 bits per heavy atom. The summed E-state index contributed by atoms with van der Waals surface area (Å²) in [4.78, 5) is 12.4. The number of benzene rings is 1. The van der Waals surface area contributed by atoms with Gasteiger partial charge in [-0.15, -0.1) is 0 Å². The molecule has 40 heavy (non-hydrogen) atoms. The van der Waals surface area contributed by atoms with Crippen molar-refractivity contribution in [2.45, 2.75) is 52.7 Å². The highest BCUT2D eigenvalue weighted by molar-refractivity contribution is 5.94. The van der Waals surface area contributed by atoms with E-state index in [0.29, 0.717) is 90.7 Å². The van der Waals surface area contributed by atoms with E-state index in [1.54, 1.807) is 0 Å². The maximum atomic E-state index is 12.4. The van der Waals surface area contributed by atoms with Crippen LogP contribution in [0.25, 0.3) is 0 Å². The van der Waals surface area contributed by atoms with Crippen LogP contribution in [0.2, 0.25) is 0 Å². The topological polar surface area (TPSA) is 102 Å². The molecule has 1 N–H and O–H groups in total. The average molecular weight is 564 g/mol. The smallest absolute Gasteiger partial charge is 0.251 e. The molecule has 2 aromatic rings. The van der Waals surface area contributed by atoms with Crippen LogP contribution >= 0.6 is 0 Å². The molecule has 1 heterocycles. The summed E-state index contributed by atoms with van der Waals surface area (Å²) in [5.74, 6) is 0.321. The first-order valence-corrected chi connectivity index (χ1v) is 14.3. The number of nitrogens with zero attached hydrogens (tertiary/aromatic N) is 2. The minimum atomic E-state index is -0.120. The van der Waals surface area contributed by atoms with E-state index in [-0.39, 0.29) is 18.1 Å². The van der Waals surface area contributed by atoms with Crippen molar-refractivity contribution >= 4 is 5.91 Å². The summed E-state index contributed by atoms with van der Waals surface area (Å²) in [5, 5.41) is 7.37. The third-order valence-corrected chi connectivity index (χ3v) is 6.04. The summed E-state index contributed by atoms with van der Waals surface area (Å²) in [5.41, 5.74) is 2.93. The number of rotatable bonds is 23. The van der Waals surface area contributed by atoms with E-state index in [4.69, 9.17) is 28.4 Å². The van der Waals surface area contributed by atoms with E-state index in [0.717, 1.165) is 5.56 Å². The van der Waals surface area contributed by atoms with Gasteiger partial charge in [-0.05, 0) is 49.9 Å². The van der Waals surface area contributed by atoms with Crippen molar-refractivity contribution in [3.05, 3.63) is 53.3 Å². The number of aromatic nitrogens is 2. The lowest BCUT2D eigenvalue weighted by Gasteiger charge is -2.13. The van der Waals surface area contributed by atoms with Gasteiger partial charge in [-0.25, -0.2) is 0 Å². The van der Waals surface area contributed by atoms with Gasteiger partial charge in [0.1, 0.15) is 0 Å². The molecule has 0 saturated heterocycles. The predicted molar refractivity (Wildman–Crippen MR) is 154 cm³/mol. The Kier molecular flexibility index (Phi) is 17.4. The van der Waals surface area contributed by atoms with Crippen molar-refractivity contribution in [1.82, 2.24) is 15.1 Å². The molecule has 10 nitrogen and oxygen atoms in total. The molecule has 0 aliphatic heterocycles. The van der Waals surface area contributed by atoms with Crippen molar-refractivity contribution in [1.29, 1.82) is 0 Å². The fourth-order valence-electron chi connectivity index (χ4n) is 3.59. The molecule has 226 valence electrons. The molecule has 0 aliphatic carbocycles. The van der Waals surface area contributed by atoms with Crippen molar-refractivity contribution < 1.29 is 33.2 Å². The molecule has 0 fully saturated rings. The van der Waals surface area contributed by atoms with Gasteiger partial charge < -0.3 is 33.7 Å². The Labute approximate surface area is 239 Å². The first-order valence-electron chi connectivity index (χ1n) is 14.3. The summed E-state index contributed by atoms with van der Waals surface area (Å²) >= 11 is 0. The van der Waals surface area contributed by atoms with E-state index in [1.165, 1.54) is 5.56 Å². The standard InChI is InChI=1S/C30H49N3O7/c1-24(2)29-22-32-33(23-29)26(5)27-6-8-28(9-7-27)30(34)31-10-11-35-12-13-36-14-15-37-16-17-38-18-19-39-20-21-40-25(3)4/h6-9,22-26H,10-21H2,1-5H3,(H,31,34). The van der Waals surface area contributed by atoms with Crippen LogP contribution in [0, 0.1) is 0 Å². The maximum Gasteiger partial charge on any atom is 0.251 e. The van der Waals surface area contributed by atoms with Gasteiger partial charge in [-0.1, -0.05) is 26.0 Å². The molecular formula is C30H49N3O7. The SMILES string of the molecule is CC(C)OCCOCCOCCOCCOCCOCCNC(=O)c1ccc(C(C)n2cc(C(C)C)cn2)cc1. The summed E-state index contributed by atoms with van der Waals surface area (Å²) in [6, 6.07) is 7.73. The molecule has 0 aliphatic rings. The highest BCUT2D eigenvalue weighted by atomic mass is 16.6. The maximum absolute atomic E-state index is 12.4. The molecule has 1 amide bonds. The second kappa shape index (κ2) is 20.5. The van der Waals surface area contributed by atoms with Crippen molar-refractivity contribution in [2.75, 3.05) is 79.2 Å². The van der Waals surface area contributed by atoms with Crippen LogP contribution in [0.5, 0.6) is 0 Å². The average Bonchev–Trinajstić information content (AvgIpc) is 3.44. The summed E-state index contributed by atoms with van der Waals surface area (Å²) < 4.78 is 34.7. The summed E-state index contributed by atoms with van der Waals surface area (Å²) in [7, 11) is 0. The van der Waals surface area contributed by atoms with Gasteiger partial charge in [0.15, 0.2) is 0 Å². The lowest BCUT2D eigenvalue weighted by Crippen LogP contribution is -2.27. The summed E-state index contributed by atoms with van der Waals surface area (Å²) in [6.07, 6.45) is 4.22. The van der Waals surface area contributed by atoms with Gasteiger partial charge in [-0.2, -0.15) is 5.10 Å². The zero-order chi connectivity index (χ0) is 29.0. The van der Waals surface area contributed by atoms with E-state index in [1.807, 2.05) is 49.0 Å². The van der Waals surface area contributed by atoms with Gasteiger partial charge in [0.25, 0.3) is 5.91 Å². The number of hydrogen-bond donors (Lipinski definition) is 1. The van der Waals surface area contributed by atoms with Gasteiger partial charge in [0.2, 0.25) is 0 Å². The summed E-state index contributed by atoms with van der Waals surface area (Å²) in [6.45, 7) is 16.5. The Morgan fingerprint density at radius 1 is 0.725 bits per heavy atom. The largest absolute Gasteiger partial charge is 0.377 e. The molecule has 2 rings (SSSR count). The molecule has 1 aromatic carbocycles. The molecule has 0 spiro atoms. The molecule has 0 radical (unpaired) electrons. The molecular weight excluding hydrogens is 514 g/mol.